The molecule has 0 aromatic heterocycles. The van der Waals surface area contributed by atoms with Gasteiger partial charge in [-0.05, 0) is 115 Å². The van der Waals surface area contributed by atoms with E-state index in [9.17, 15) is 33.6 Å². The standard InChI is InChI=1S/C69H84N8O12/c1-41(2)61(74-65(84)68(8,9)38-69(10,11)77-59(79)24-25-60(77)80)63(82)72-42(3)62(81)73-48-20-16-43(17-21-48)45-26-49(75(12)34-45)32-70-53-30-57(55(86-14)28-47(53)36-78)88-39-66(4,5)37-67(6,7)40-89-58-31-54-52(29-56(58)87-15)64(83)76-35-46(27-50(76)33-71-54)44-18-22-51(85-13)23-19-44/h16-25,28-36,41-42,49-50,61H,26-27,37-40H2,1-15H3,(H,72,82)(H,73,81)(H,74,84)/b70-32-. The number of nitrogens with one attached hydrogen (secondary N) is 3. The highest BCUT2D eigenvalue weighted by Gasteiger charge is 2.44. The summed E-state index contributed by atoms with van der Waals surface area (Å²) < 4.78 is 29.8. The van der Waals surface area contributed by atoms with Crippen LogP contribution in [0.25, 0.3) is 11.1 Å². The summed E-state index contributed by atoms with van der Waals surface area (Å²) in [7, 11) is 6.66. The van der Waals surface area contributed by atoms with Gasteiger partial charge in [0, 0.05) is 84.8 Å². The highest BCUT2D eigenvalue weighted by atomic mass is 16.5. The number of amides is 6. The Morgan fingerprint density at radius 2 is 1.29 bits per heavy atom. The van der Waals surface area contributed by atoms with Gasteiger partial charge in [-0.25, -0.2) is 0 Å². The fourth-order valence-corrected chi connectivity index (χ4v) is 12.1. The minimum absolute atomic E-state index is 0.137. The quantitative estimate of drug-likeness (QED) is 0.0302. The summed E-state index contributed by atoms with van der Waals surface area (Å²) in [6, 6.07) is 19.6. The van der Waals surface area contributed by atoms with Crippen molar-refractivity contribution in [1.29, 1.82) is 0 Å². The first kappa shape index (κ1) is 65.9. The van der Waals surface area contributed by atoms with Crippen molar-refractivity contribution in [2.75, 3.05) is 46.9 Å². The maximum absolute atomic E-state index is 14.0. The van der Waals surface area contributed by atoms with Gasteiger partial charge in [0.1, 0.15) is 17.8 Å². The van der Waals surface area contributed by atoms with Crippen LogP contribution in [0.3, 0.4) is 0 Å². The number of hydrogen-bond donors (Lipinski definition) is 3. The molecule has 0 spiro atoms. The molecule has 4 aliphatic rings. The molecule has 0 aliphatic carbocycles. The molecule has 4 aliphatic heterocycles. The summed E-state index contributed by atoms with van der Waals surface area (Å²) in [5.41, 5.74) is 3.39. The molecule has 4 heterocycles. The van der Waals surface area contributed by atoms with Crippen LogP contribution in [-0.2, 0) is 24.0 Å². The Hall–Kier alpha value is -9.07. The topological polar surface area (TPSA) is 236 Å². The molecule has 4 atom stereocenters. The molecule has 3 N–H and O–H groups in total. The zero-order valence-corrected chi connectivity index (χ0v) is 53.7. The van der Waals surface area contributed by atoms with E-state index in [1.165, 1.54) is 19.3 Å². The second-order valence-corrected chi connectivity index (χ2v) is 26.5. The van der Waals surface area contributed by atoms with Gasteiger partial charge in [-0.3, -0.25) is 48.4 Å². The van der Waals surface area contributed by atoms with Crippen molar-refractivity contribution in [2.24, 2.45) is 32.1 Å². The molecule has 4 aromatic carbocycles. The molecular weight excluding hydrogens is 1130 g/mol. The number of carbonyl (C=O) groups excluding carboxylic acids is 7. The summed E-state index contributed by atoms with van der Waals surface area (Å²) in [6.07, 6.45) is 12.8. The number of rotatable bonds is 26. The van der Waals surface area contributed by atoms with E-state index in [2.05, 4.69) is 43.6 Å². The number of ether oxygens (including phenoxy) is 5. The fraction of sp³-hybridized carbons (Fsp3) is 0.435. The van der Waals surface area contributed by atoms with E-state index in [0.717, 1.165) is 39.2 Å². The largest absolute Gasteiger partial charge is 0.497 e. The molecule has 89 heavy (non-hydrogen) atoms. The monoisotopic (exact) mass is 1220 g/mol. The van der Waals surface area contributed by atoms with E-state index < -0.39 is 52.6 Å². The average Bonchev–Trinajstić information content (AvgIpc) is 2.91. The van der Waals surface area contributed by atoms with Crippen molar-refractivity contribution in [1.82, 2.24) is 25.3 Å². The van der Waals surface area contributed by atoms with Gasteiger partial charge in [0.25, 0.3) is 17.7 Å². The number of fused-ring (bicyclic) bond motifs is 2. The number of nitrogens with zero attached hydrogens (tertiary/aromatic N) is 5. The Morgan fingerprint density at radius 1 is 0.708 bits per heavy atom. The number of imide groups is 1. The molecule has 0 bridgehead atoms. The molecule has 4 aromatic rings. The van der Waals surface area contributed by atoms with Gasteiger partial charge in [0.2, 0.25) is 17.7 Å². The van der Waals surface area contributed by atoms with Crippen LogP contribution in [-0.4, -0.2) is 140 Å². The van der Waals surface area contributed by atoms with Gasteiger partial charge >= 0.3 is 0 Å². The molecular formula is C69H84N8O12. The number of anilines is 1. The third-order valence-corrected chi connectivity index (χ3v) is 16.4. The number of methoxy groups -OCH3 is 3. The van der Waals surface area contributed by atoms with Gasteiger partial charge in [-0.15, -0.1) is 0 Å². The van der Waals surface area contributed by atoms with Gasteiger partial charge in [0.05, 0.1) is 63.6 Å². The number of benzene rings is 4. The first-order valence-corrected chi connectivity index (χ1v) is 29.9. The van der Waals surface area contributed by atoms with E-state index >= 15 is 0 Å². The highest BCUT2D eigenvalue weighted by molar-refractivity contribution is 6.13. The van der Waals surface area contributed by atoms with Crippen molar-refractivity contribution < 1.29 is 57.2 Å². The molecule has 0 saturated heterocycles. The van der Waals surface area contributed by atoms with Crippen molar-refractivity contribution in [2.45, 2.75) is 132 Å². The van der Waals surface area contributed by atoms with Crippen LogP contribution in [0, 0.1) is 22.2 Å². The molecule has 8 rings (SSSR count). The number of aldehydes is 1. The first-order chi connectivity index (χ1) is 41.9. The van der Waals surface area contributed by atoms with Crippen LogP contribution < -0.4 is 39.6 Å². The zero-order valence-electron chi connectivity index (χ0n) is 53.7. The van der Waals surface area contributed by atoms with Crippen LogP contribution in [0.4, 0.5) is 17.1 Å². The lowest BCUT2D eigenvalue weighted by atomic mass is 9.76. The molecule has 0 saturated carbocycles. The number of hydrogen-bond acceptors (Lipinski definition) is 15. The Kier molecular flexibility index (Phi) is 19.8. The molecule has 20 nitrogen and oxygen atoms in total. The van der Waals surface area contributed by atoms with Gasteiger partial charge < -0.3 is 49.4 Å². The zero-order chi connectivity index (χ0) is 64.9. The summed E-state index contributed by atoms with van der Waals surface area (Å²) in [5, 5.41) is 8.46. The van der Waals surface area contributed by atoms with Crippen molar-refractivity contribution in [3.05, 3.63) is 120 Å². The third-order valence-electron chi connectivity index (χ3n) is 16.4. The van der Waals surface area contributed by atoms with Gasteiger partial charge in [-0.2, -0.15) is 0 Å². The lowest BCUT2D eigenvalue weighted by molar-refractivity contribution is -0.146. The van der Waals surface area contributed by atoms with E-state index in [1.54, 1.807) is 110 Å². The average molecular weight is 1220 g/mol. The van der Waals surface area contributed by atoms with E-state index in [0.29, 0.717) is 83.7 Å². The van der Waals surface area contributed by atoms with Crippen LogP contribution in [0.2, 0.25) is 0 Å². The Labute approximate surface area is 521 Å². The van der Waals surface area contributed by atoms with Crippen molar-refractivity contribution in [3.63, 3.8) is 0 Å². The highest BCUT2D eigenvalue weighted by Crippen LogP contribution is 2.43. The first-order valence-electron chi connectivity index (χ1n) is 29.9. The van der Waals surface area contributed by atoms with E-state index in [-0.39, 0.29) is 41.2 Å². The fourth-order valence-electron chi connectivity index (χ4n) is 12.1. The second kappa shape index (κ2) is 26.7. The summed E-state index contributed by atoms with van der Waals surface area (Å²) in [6.45, 7) is 21.0. The molecule has 6 amide bonds. The maximum Gasteiger partial charge on any atom is 0.260 e. The lowest BCUT2D eigenvalue weighted by Crippen LogP contribution is -2.57. The molecule has 0 fully saturated rings. The van der Waals surface area contributed by atoms with Crippen LogP contribution in [0.1, 0.15) is 134 Å². The number of carbonyl (C=O) groups is 7. The van der Waals surface area contributed by atoms with Crippen LogP contribution in [0.15, 0.2) is 107 Å². The smallest absolute Gasteiger partial charge is 0.260 e. The van der Waals surface area contributed by atoms with Crippen molar-refractivity contribution >= 4 is 82.4 Å². The molecule has 20 heteroatoms. The SMILES string of the molecule is COc1ccc(C2=CN3C(=O)c4cc(OC)c(OCC(C)(C)CC(C)(C)COc5cc(/N=C\C6CC(c7ccc(NC(=O)C(C)NC(=O)C(NC(=O)C(C)(C)CC(C)(C)N8C(=O)C=CC8=O)C(C)C)cc7)=CN6C)c(C=O)cc5OC)cc4N=CC3C2)cc1. The minimum Gasteiger partial charge on any atom is -0.497 e. The van der Waals surface area contributed by atoms with Crippen molar-refractivity contribution in [3.8, 4) is 28.7 Å². The Balaban J connectivity index is 0.831. The summed E-state index contributed by atoms with van der Waals surface area (Å²) in [5.74, 6) is -0.342. The minimum atomic E-state index is -1.08. The van der Waals surface area contributed by atoms with Gasteiger partial charge in [0.15, 0.2) is 29.3 Å². The van der Waals surface area contributed by atoms with Gasteiger partial charge in [-0.1, -0.05) is 79.7 Å². The Bertz CT molecular complexity index is 3520. The van der Waals surface area contributed by atoms with E-state index in [4.69, 9.17) is 33.7 Å². The molecule has 0 radical (unpaired) electrons. The molecule has 472 valence electrons. The normalized spacial score (nSPS) is 17.4. The van der Waals surface area contributed by atoms with E-state index in [1.807, 2.05) is 67.0 Å². The predicted octanol–water partition coefficient (Wildman–Crippen LogP) is 10.5. The number of aliphatic imine (C=N–C) groups is 2. The second-order valence-electron chi connectivity index (χ2n) is 26.5. The van der Waals surface area contributed by atoms with Crippen LogP contribution >= 0.6 is 0 Å². The summed E-state index contributed by atoms with van der Waals surface area (Å²) >= 11 is 0. The lowest BCUT2D eigenvalue weighted by Gasteiger charge is -2.40. The summed E-state index contributed by atoms with van der Waals surface area (Å²) in [4.78, 5) is 107. The van der Waals surface area contributed by atoms with Crippen LogP contribution in [0.5, 0.6) is 28.7 Å². The Morgan fingerprint density at radius 3 is 1.88 bits per heavy atom. The third kappa shape index (κ3) is 15.4. The maximum atomic E-state index is 14.0. The predicted molar refractivity (Wildman–Crippen MR) is 343 cm³/mol. The molecule has 4 unspecified atom stereocenters.